The van der Waals surface area contributed by atoms with Crippen LogP contribution < -0.4 is 4.90 Å². The molecular formula is C18H26BrN3O3. The zero-order valence-corrected chi connectivity index (χ0v) is 16.8. The van der Waals surface area contributed by atoms with Crippen LogP contribution in [0.4, 0.5) is 10.5 Å². The van der Waals surface area contributed by atoms with Crippen molar-refractivity contribution in [2.75, 3.05) is 25.1 Å². The van der Waals surface area contributed by atoms with Crippen LogP contribution in [-0.2, 0) is 11.3 Å². The highest BCUT2D eigenvalue weighted by molar-refractivity contribution is 9.10. The van der Waals surface area contributed by atoms with Crippen molar-refractivity contribution in [1.29, 1.82) is 0 Å². The maximum absolute atomic E-state index is 11.9. The van der Waals surface area contributed by atoms with E-state index in [-0.39, 0.29) is 17.5 Å². The number of likely N-dealkylation sites (tertiary alicyclic amines) is 1. The van der Waals surface area contributed by atoms with E-state index in [1.54, 1.807) is 12.0 Å². The molecule has 1 aromatic heterocycles. The molecule has 0 aliphatic carbocycles. The number of methoxy groups -OCH3 is 1. The number of nitrogens with zero attached hydrogens (tertiary/aromatic N) is 3. The van der Waals surface area contributed by atoms with Gasteiger partial charge < -0.3 is 14.7 Å². The summed E-state index contributed by atoms with van der Waals surface area (Å²) >= 11 is 3.45. The number of anilines is 1. The maximum atomic E-state index is 11.9. The molecule has 25 heavy (non-hydrogen) atoms. The number of aromatic nitrogens is 1. The molecule has 1 aromatic rings. The number of hydrogen-bond acceptors (Lipinski definition) is 4. The van der Waals surface area contributed by atoms with Gasteiger partial charge in [0.15, 0.2) is 0 Å². The number of carboxylic acid groups (broad SMARTS) is 1. The summed E-state index contributed by atoms with van der Waals surface area (Å²) in [6, 6.07) is 2.21. The molecule has 2 aliphatic rings. The molecule has 0 saturated carbocycles. The highest BCUT2D eigenvalue weighted by Gasteiger charge is 2.51. The highest BCUT2D eigenvalue weighted by atomic mass is 79.9. The van der Waals surface area contributed by atoms with Crippen LogP contribution in [0.2, 0.25) is 0 Å². The molecule has 7 heteroatoms. The lowest BCUT2D eigenvalue weighted by Crippen LogP contribution is -2.48. The van der Waals surface area contributed by atoms with Gasteiger partial charge in [0, 0.05) is 37.7 Å². The monoisotopic (exact) mass is 411 g/mol. The highest BCUT2D eigenvalue weighted by Crippen LogP contribution is 2.43. The minimum Gasteiger partial charge on any atom is -0.465 e. The van der Waals surface area contributed by atoms with Crippen molar-refractivity contribution < 1.29 is 14.6 Å². The van der Waals surface area contributed by atoms with Gasteiger partial charge in [-0.2, -0.15) is 0 Å². The zero-order chi connectivity index (χ0) is 18.4. The van der Waals surface area contributed by atoms with Crippen molar-refractivity contribution in [3.05, 3.63) is 22.4 Å². The Kier molecular flexibility index (Phi) is 4.99. The fourth-order valence-corrected chi connectivity index (χ4v) is 4.53. The number of amides is 1. The van der Waals surface area contributed by atoms with Crippen molar-refractivity contribution >= 4 is 27.7 Å². The first-order chi connectivity index (χ1) is 11.7. The van der Waals surface area contributed by atoms with Gasteiger partial charge in [-0.3, -0.25) is 4.90 Å². The Labute approximate surface area is 157 Å². The number of ether oxygens (including phenoxy) is 1. The second-order valence-corrected chi connectivity index (χ2v) is 8.87. The molecule has 138 valence electrons. The molecule has 6 nitrogen and oxygen atoms in total. The third-order valence-electron chi connectivity index (χ3n) is 5.41. The van der Waals surface area contributed by atoms with Gasteiger partial charge in [-0.05, 0) is 33.8 Å². The molecule has 0 radical (unpaired) electrons. The summed E-state index contributed by atoms with van der Waals surface area (Å²) in [7, 11) is 1.66. The molecular weight excluding hydrogens is 386 g/mol. The van der Waals surface area contributed by atoms with Gasteiger partial charge in [-0.15, -0.1) is 0 Å². The van der Waals surface area contributed by atoms with Gasteiger partial charge in [-0.25, -0.2) is 9.78 Å². The van der Waals surface area contributed by atoms with Crippen molar-refractivity contribution in [1.82, 2.24) is 9.88 Å². The normalized spacial score (nSPS) is 26.2. The smallest absolute Gasteiger partial charge is 0.407 e. The van der Waals surface area contributed by atoms with Crippen molar-refractivity contribution in [3.8, 4) is 0 Å². The van der Waals surface area contributed by atoms with E-state index in [0.717, 1.165) is 35.4 Å². The predicted octanol–water partition coefficient (Wildman–Crippen LogP) is 3.59. The van der Waals surface area contributed by atoms with Gasteiger partial charge in [0.05, 0.1) is 24.5 Å². The second kappa shape index (κ2) is 6.76. The zero-order valence-electron chi connectivity index (χ0n) is 15.2. The Hall–Kier alpha value is -1.34. The van der Waals surface area contributed by atoms with E-state index >= 15 is 0 Å². The molecule has 0 bridgehead atoms. The van der Waals surface area contributed by atoms with Gasteiger partial charge in [0.2, 0.25) is 0 Å². The van der Waals surface area contributed by atoms with Crippen LogP contribution in [0.5, 0.6) is 0 Å². The van der Waals surface area contributed by atoms with E-state index in [2.05, 4.69) is 52.7 Å². The van der Waals surface area contributed by atoms with E-state index in [9.17, 15) is 9.90 Å². The van der Waals surface area contributed by atoms with E-state index < -0.39 is 6.09 Å². The number of fused-ring (bicyclic) bond motifs is 1. The molecule has 2 saturated heterocycles. The molecule has 3 heterocycles. The summed E-state index contributed by atoms with van der Waals surface area (Å²) in [4.78, 5) is 20.3. The Morgan fingerprint density at radius 2 is 2.16 bits per heavy atom. The van der Waals surface area contributed by atoms with Crippen molar-refractivity contribution in [2.24, 2.45) is 11.3 Å². The summed E-state index contributed by atoms with van der Waals surface area (Å²) in [6.07, 6.45) is 1.96. The van der Waals surface area contributed by atoms with E-state index in [1.807, 2.05) is 6.20 Å². The van der Waals surface area contributed by atoms with Crippen molar-refractivity contribution in [2.45, 2.75) is 45.9 Å². The first kappa shape index (κ1) is 18.5. The van der Waals surface area contributed by atoms with Crippen LogP contribution in [0, 0.1) is 11.3 Å². The average molecular weight is 412 g/mol. The lowest BCUT2D eigenvalue weighted by Gasteiger charge is -2.36. The van der Waals surface area contributed by atoms with Gasteiger partial charge in [0.1, 0.15) is 4.60 Å². The molecule has 3 rings (SSSR count). The Morgan fingerprint density at radius 3 is 2.76 bits per heavy atom. The molecule has 1 N–H and O–H groups in total. The van der Waals surface area contributed by atoms with Gasteiger partial charge >= 0.3 is 6.09 Å². The topological polar surface area (TPSA) is 65.9 Å². The Balaban J connectivity index is 1.81. The molecule has 3 atom stereocenters. The van der Waals surface area contributed by atoms with Gasteiger partial charge in [-0.1, -0.05) is 20.8 Å². The van der Waals surface area contributed by atoms with Crippen LogP contribution in [0.1, 0.15) is 32.8 Å². The number of halogens is 1. The second-order valence-electron chi connectivity index (χ2n) is 8.12. The summed E-state index contributed by atoms with van der Waals surface area (Å²) in [6.45, 7) is 8.47. The third kappa shape index (κ3) is 3.49. The predicted molar refractivity (Wildman–Crippen MR) is 99.9 cm³/mol. The molecule has 2 aliphatic heterocycles. The number of carbonyl (C=O) groups is 1. The molecule has 0 aromatic carbocycles. The lowest BCUT2D eigenvalue weighted by atomic mass is 9.84. The average Bonchev–Trinajstić information content (AvgIpc) is 3.06. The Morgan fingerprint density at radius 1 is 1.44 bits per heavy atom. The first-order valence-electron chi connectivity index (χ1n) is 8.62. The van der Waals surface area contributed by atoms with Crippen LogP contribution >= 0.6 is 15.9 Å². The first-order valence-corrected chi connectivity index (χ1v) is 9.41. The quantitative estimate of drug-likeness (QED) is 0.769. The number of pyridine rings is 1. The summed E-state index contributed by atoms with van der Waals surface area (Å²) in [5.74, 6) is 0.370. The molecule has 0 spiro atoms. The number of hydrogen-bond donors (Lipinski definition) is 1. The molecule has 1 unspecified atom stereocenters. The maximum Gasteiger partial charge on any atom is 0.407 e. The molecule has 1 amide bonds. The van der Waals surface area contributed by atoms with Crippen molar-refractivity contribution in [3.63, 3.8) is 0 Å². The largest absolute Gasteiger partial charge is 0.465 e. The summed E-state index contributed by atoms with van der Waals surface area (Å²) in [5.41, 5.74) is 1.99. The lowest BCUT2D eigenvalue weighted by molar-refractivity contribution is 0.0889. The SMILES string of the molecule is COCc1cc(N2C[C@H]3CC(C(C)(C)C)N(C(=O)O)[C@H]3C2)cnc1Br. The van der Waals surface area contributed by atoms with Crippen LogP contribution in [0.25, 0.3) is 0 Å². The van der Waals surface area contributed by atoms with Crippen LogP contribution in [0.15, 0.2) is 16.9 Å². The fourth-order valence-electron chi connectivity index (χ4n) is 4.20. The summed E-state index contributed by atoms with van der Waals surface area (Å²) in [5, 5.41) is 9.77. The third-order valence-corrected chi connectivity index (χ3v) is 6.12. The fraction of sp³-hybridized carbons (Fsp3) is 0.667. The standard InChI is InChI=1S/C18H26BrN3O3/c1-18(2,3)15-6-11-8-21(9-14(11)22(15)17(23)24)13-5-12(10-25-4)16(19)20-7-13/h5,7,11,14-15H,6,8-10H2,1-4H3,(H,23,24)/t11-,14+,15?/m1/s1. The Bertz CT molecular complexity index is 661. The van der Waals surface area contributed by atoms with Crippen LogP contribution in [0.3, 0.4) is 0 Å². The van der Waals surface area contributed by atoms with Crippen LogP contribution in [-0.4, -0.2) is 53.4 Å². The minimum absolute atomic E-state index is 0.0433. The molecule has 2 fully saturated rings. The number of rotatable bonds is 3. The van der Waals surface area contributed by atoms with E-state index in [0.29, 0.717) is 12.5 Å². The summed E-state index contributed by atoms with van der Waals surface area (Å²) < 4.78 is 6.02. The minimum atomic E-state index is -0.803. The van der Waals surface area contributed by atoms with Gasteiger partial charge in [0.25, 0.3) is 0 Å². The van der Waals surface area contributed by atoms with E-state index in [4.69, 9.17) is 4.74 Å². The van der Waals surface area contributed by atoms with E-state index in [1.165, 1.54) is 0 Å².